The van der Waals surface area contributed by atoms with Gasteiger partial charge in [-0.2, -0.15) is 0 Å². The first kappa shape index (κ1) is 17.0. The van der Waals surface area contributed by atoms with Gasteiger partial charge in [0.1, 0.15) is 5.76 Å². The highest BCUT2D eigenvalue weighted by Crippen LogP contribution is 2.25. The zero-order chi connectivity index (χ0) is 17.1. The lowest BCUT2D eigenvalue weighted by atomic mass is 10.2. The fourth-order valence-electron chi connectivity index (χ4n) is 2.69. The van der Waals surface area contributed by atoms with Crippen molar-refractivity contribution in [3.8, 4) is 10.8 Å². The van der Waals surface area contributed by atoms with Gasteiger partial charge in [-0.15, -0.1) is 11.3 Å². The van der Waals surface area contributed by atoms with Gasteiger partial charge in [0, 0.05) is 31.6 Å². The Kier molecular flexibility index (Phi) is 5.25. The van der Waals surface area contributed by atoms with Gasteiger partial charge in [-0.3, -0.25) is 9.69 Å². The van der Waals surface area contributed by atoms with E-state index in [-0.39, 0.29) is 18.9 Å². The SMILES string of the molecule is Cc1ccc(-c2nc(CC(=O)N3CCN(CC(F)F)CC3)cs2)o1. The van der Waals surface area contributed by atoms with E-state index in [4.69, 9.17) is 4.42 Å². The Balaban J connectivity index is 1.53. The van der Waals surface area contributed by atoms with Crippen LogP contribution >= 0.6 is 11.3 Å². The van der Waals surface area contributed by atoms with Crippen molar-refractivity contribution in [3.05, 3.63) is 29.0 Å². The van der Waals surface area contributed by atoms with Crippen molar-refractivity contribution in [1.29, 1.82) is 0 Å². The predicted molar refractivity (Wildman–Crippen MR) is 87.3 cm³/mol. The number of carbonyl (C=O) groups excluding carboxylic acids is 1. The molecule has 3 heterocycles. The molecule has 24 heavy (non-hydrogen) atoms. The Morgan fingerprint density at radius 2 is 2.08 bits per heavy atom. The van der Waals surface area contributed by atoms with Gasteiger partial charge in [0.15, 0.2) is 10.8 Å². The maximum Gasteiger partial charge on any atom is 0.251 e. The Hall–Kier alpha value is -1.80. The molecule has 130 valence electrons. The fraction of sp³-hybridized carbons (Fsp3) is 0.500. The summed E-state index contributed by atoms with van der Waals surface area (Å²) >= 11 is 1.44. The summed E-state index contributed by atoms with van der Waals surface area (Å²) in [5.74, 6) is 1.51. The Morgan fingerprint density at radius 3 is 2.71 bits per heavy atom. The van der Waals surface area contributed by atoms with Crippen LogP contribution in [0.15, 0.2) is 21.9 Å². The molecule has 0 saturated carbocycles. The molecule has 0 aromatic carbocycles. The lowest BCUT2D eigenvalue weighted by molar-refractivity contribution is -0.132. The normalized spacial score (nSPS) is 16.1. The molecule has 1 fully saturated rings. The molecular weight excluding hydrogens is 336 g/mol. The van der Waals surface area contributed by atoms with E-state index in [9.17, 15) is 13.6 Å². The van der Waals surface area contributed by atoms with E-state index in [1.54, 1.807) is 9.80 Å². The van der Waals surface area contributed by atoms with Gasteiger partial charge in [-0.1, -0.05) is 0 Å². The van der Waals surface area contributed by atoms with Crippen LogP contribution in [0.2, 0.25) is 0 Å². The van der Waals surface area contributed by atoms with Crippen molar-refractivity contribution in [2.45, 2.75) is 19.8 Å². The summed E-state index contributed by atoms with van der Waals surface area (Å²) in [5, 5.41) is 2.62. The molecule has 2 aromatic rings. The van der Waals surface area contributed by atoms with Crippen molar-refractivity contribution in [2.75, 3.05) is 32.7 Å². The Labute approximate surface area is 142 Å². The molecule has 2 aromatic heterocycles. The predicted octanol–water partition coefficient (Wildman–Crippen LogP) is 2.66. The van der Waals surface area contributed by atoms with Crippen LogP contribution < -0.4 is 0 Å². The van der Waals surface area contributed by atoms with Gasteiger partial charge in [-0.05, 0) is 19.1 Å². The molecular formula is C16H19F2N3O2S. The second-order valence-corrected chi connectivity index (χ2v) is 6.66. The molecule has 0 atom stereocenters. The van der Waals surface area contributed by atoms with Gasteiger partial charge in [-0.25, -0.2) is 13.8 Å². The van der Waals surface area contributed by atoms with Gasteiger partial charge < -0.3 is 9.32 Å². The average molecular weight is 355 g/mol. The van der Waals surface area contributed by atoms with Crippen LogP contribution in [0, 0.1) is 6.92 Å². The Morgan fingerprint density at radius 1 is 1.33 bits per heavy atom. The first-order valence-corrected chi connectivity index (χ1v) is 8.68. The molecule has 8 heteroatoms. The van der Waals surface area contributed by atoms with Crippen LogP contribution in [0.3, 0.4) is 0 Å². The summed E-state index contributed by atoms with van der Waals surface area (Å²) in [7, 11) is 0. The maximum absolute atomic E-state index is 12.4. The van der Waals surface area contributed by atoms with Gasteiger partial charge >= 0.3 is 0 Å². The largest absolute Gasteiger partial charge is 0.459 e. The van der Waals surface area contributed by atoms with Crippen molar-refractivity contribution in [3.63, 3.8) is 0 Å². The first-order valence-electron chi connectivity index (χ1n) is 7.81. The topological polar surface area (TPSA) is 49.6 Å². The van der Waals surface area contributed by atoms with Crippen molar-refractivity contribution in [2.24, 2.45) is 0 Å². The summed E-state index contributed by atoms with van der Waals surface area (Å²) in [5.41, 5.74) is 0.712. The molecule has 1 aliphatic heterocycles. The smallest absolute Gasteiger partial charge is 0.251 e. The molecule has 5 nitrogen and oxygen atoms in total. The number of rotatable bonds is 5. The highest BCUT2D eigenvalue weighted by atomic mass is 32.1. The zero-order valence-electron chi connectivity index (χ0n) is 13.4. The third-order valence-electron chi connectivity index (χ3n) is 3.96. The minimum absolute atomic E-state index is 0.0147. The van der Waals surface area contributed by atoms with Crippen LogP contribution in [-0.4, -0.2) is 59.8 Å². The minimum Gasteiger partial charge on any atom is -0.459 e. The number of nitrogens with zero attached hydrogens (tertiary/aromatic N) is 3. The van der Waals surface area contributed by atoms with E-state index in [0.29, 0.717) is 37.6 Å². The molecule has 0 N–H and O–H groups in total. The van der Waals surface area contributed by atoms with Gasteiger partial charge in [0.2, 0.25) is 5.91 Å². The van der Waals surface area contributed by atoms with E-state index < -0.39 is 6.43 Å². The summed E-state index contributed by atoms with van der Waals surface area (Å²) < 4.78 is 30.3. The van der Waals surface area contributed by atoms with Crippen molar-refractivity contribution in [1.82, 2.24) is 14.8 Å². The number of thiazole rings is 1. The van der Waals surface area contributed by atoms with E-state index in [2.05, 4.69) is 4.98 Å². The number of hydrogen-bond acceptors (Lipinski definition) is 5. The molecule has 3 rings (SSSR count). The van der Waals surface area contributed by atoms with Crippen LogP contribution in [0.5, 0.6) is 0 Å². The average Bonchev–Trinajstić information content (AvgIpc) is 3.16. The van der Waals surface area contributed by atoms with Crippen LogP contribution in [0.1, 0.15) is 11.5 Å². The lowest BCUT2D eigenvalue weighted by Crippen LogP contribution is -2.50. The molecule has 1 aliphatic rings. The molecule has 1 saturated heterocycles. The van der Waals surface area contributed by atoms with Gasteiger partial charge in [0.25, 0.3) is 6.43 Å². The standard InChI is InChI=1S/C16H19F2N3O2S/c1-11-2-3-13(23-11)16-19-12(10-24-16)8-15(22)21-6-4-20(5-7-21)9-14(17)18/h2-3,10,14H,4-9H2,1H3. The number of piperazine rings is 1. The third kappa shape index (κ3) is 4.18. The van der Waals surface area contributed by atoms with Crippen molar-refractivity contribution >= 4 is 17.2 Å². The number of aryl methyl sites for hydroxylation is 1. The quantitative estimate of drug-likeness (QED) is 0.827. The molecule has 0 radical (unpaired) electrons. The summed E-state index contributed by atoms with van der Waals surface area (Å²) in [6.07, 6.45) is -2.10. The molecule has 0 aliphatic carbocycles. The molecule has 0 bridgehead atoms. The first-order chi connectivity index (χ1) is 11.5. The van der Waals surface area contributed by atoms with Gasteiger partial charge in [0.05, 0.1) is 18.7 Å². The number of carbonyl (C=O) groups is 1. The number of hydrogen-bond donors (Lipinski definition) is 0. The van der Waals surface area contributed by atoms with Crippen LogP contribution in [0.4, 0.5) is 8.78 Å². The lowest BCUT2D eigenvalue weighted by Gasteiger charge is -2.34. The third-order valence-corrected chi connectivity index (χ3v) is 4.86. The highest BCUT2D eigenvalue weighted by molar-refractivity contribution is 7.13. The monoisotopic (exact) mass is 355 g/mol. The van der Waals surface area contributed by atoms with E-state index in [0.717, 1.165) is 10.8 Å². The number of amides is 1. The van der Waals surface area contributed by atoms with Crippen LogP contribution in [-0.2, 0) is 11.2 Å². The number of aromatic nitrogens is 1. The number of furan rings is 1. The highest BCUT2D eigenvalue weighted by Gasteiger charge is 2.23. The second kappa shape index (κ2) is 7.40. The fourth-order valence-corrected chi connectivity index (χ4v) is 3.47. The molecule has 0 unspecified atom stereocenters. The van der Waals surface area contributed by atoms with E-state index in [1.807, 2.05) is 24.4 Å². The minimum atomic E-state index is -2.33. The molecule has 1 amide bonds. The molecule has 0 spiro atoms. The summed E-state index contributed by atoms with van der Waals surface area (Å²) in [6.45, 7) is 3.60. The summed E-state index contributed by atoms with van der Waals surface area (Å²) in [6, 6.07) is 3.74. The van der Waals surface area contributed by atoms with E-state index in [1.165, 1.54) is 11.3 Å². The number of halogens is 2. The van der Waals surface area contributed by atoms with Crippen LogP contribution in [0.25, 0.3) is 10.8 Å². The van der Waals surface area contributed by atoms with Crippen molar-refractivity contribution < 1.29 is 18.0 Å². The zero-order valence-corrected chi connectivity index (χ0v) is 14.2. The number of alkyl halides is 2. The summed E-state index contributed by atoms with van der Waals surface area (Å²) in [4.78, 5) is 20.2. The maximum atomic E-state index is 12.4. The Bertz CT molecular complexity index is 693. The van der Waals surface area contributed by atoms with E-state index >= 15 is 0 Å². The second-order valence-electron chi connectivity index (χ2n) is 5.80.